The standard InChI is InChI=1S/C4H6N2S.Al.2H/c7-3-4-5-1-2-6-4;;;/h1-2,7H,3H2,(H,5,6);;;/q;+1;;/p-1. The van der Waals surface area contributed by atoms with Crippen LogP contribution in [-0.2, 0) is 5.75 Å². The average Bonchev–Trinajstić information content (AvgIpc) is 2.19. The molecule has 2 nitrogen and oxygen atoms in total. The molecule has 4 heteroatoms. The van der Waals surface area contributed by atoms with E-state index in [-0.39, 0.29) is 0 Å². The van der Waals surface area contributed by atoms with Crippen molar-refractivity contribution in [1.29, 1.82) is 0 Å². The third kappa shape index (κ3) is 1.55. The van der Waals surface area contributed by atoms with Crippen molar-refractivity contribution in [3.05, 3.63) is 18.2 Å². The Morgan fingerprint density at radius 2 is 2.75 bits per heavy atom. The van der Waals surface area contributed by atoms with Gasteiger partial charge >= 0.3 is 15.2 Å². The van der Waals surface area contributed by atoms with Crippen molar-refractivity contribution < 1.29 is 0 Å². The van der Waals surface area contributed by atoms with E-state index in [1.807, 2.05) is 16.3 Å². The highest BCUT2D eigenvalue weighted by atomic mass is 32.3. The summed E-state index contributed by atoms with van der Waals surface area (Å²) < 4.78 is 0. The number of rotatable bonds is 2. The molecule has 0 spiro atoms. The Labute approximate surface area is 59.6 Å². The highest BCUT2D eigenvalue weighted by Gasteiger charge is 1.87. The van der Waals surface area contributed by atoms with E-state index in [1.54, 1.807) is 6.20 Å². The minimum atomic E-state index is 1.04. The summed E-state index contributed by atoms with van der Waals surface area (Å²) >= 11 is 1.19. The molecule has 1 N–H and O–H groups in total. The lowest BCUT2D eigenvalue weighted by molar-refractivity contribution is 1.13. The van der Waals surface area contributed by atoms with Crippen LogP contribution in [0.3, 0.4) is 0 Å². The lowest BCUT2D eigenvalue weighted by Crippen LogP contribution is -1.80. The molecule has 0 bridgehead atoms. The summed E-state index contributed by atoms with van der Waals surface area (Å²) in [7, 11) is 1.90. The number of nitrogens with one attached hydrogen (secondary N) is 1. The SMILES string of the molecule is [AlH2][S]Cc1ncc[nH]1. The van der Waals surface area contributed by atoms with Gasteiger partial charge < -0.3 is 4.98 Å². The zero-order valence-corrected chi connectivity index (χ0v) is 7.53. The van der Waals surface area contributed by atoms with Gasteiger partial charge in [-0.1, -0.05) is 0 Å². The normalized spacial score (nSPS) is 9.50. The van der Waals surface area contributed by atoms with Gasteiger partial charge in [-0.15, -0.1) is 0 Å². The molecule has 0 unspecified atom stereocenters. The maximum Gasteiger partial charge on any atom is 0.303 e. The highest BCUT2D eigenvalue weighted by Crippen LogP contribution is 1.99. The van der Waals surface area contributed by atoms with Gasteiger partial charge in [0.05, 0.1) is 0 Å². The van der Waals surface area contributed by atoms with Crippen LogP contribution in [0.15, 0.2) is 12.4 Å². The van der Waals surface area contributed by atoms with E-state index in [1.165, 1.54) is 15.2 Å². The maximum atomic E-state index is 4.05. The van der Waals surface area contributed by atoms with Crippen molar-refractivity contribution >= 4 is 25.3 Å². The summed E-state index contributed by atoms with van der Waals surface area (Å²) in [5, 5.41) is 0. The summed E-state index contributed by atoms with van der Waals surface area (Å²) in [5.74, 6) is 2.13. The molecule has 1 rings (SSSR count). The molecule has 42 valence electrons. The van der Waals surface area contributed by atoms with Crippen molar-refractivity contribution in [3.8, 4) is 0 Å². The van der Waals surface area contributed by atoms with Crippen LogP contribution in [-0.4, -0.2) is 25.1 Å². The van der Waals surface area contributed by atoms with Gasteiger partial charge in [-0.2, -0.15) is 0 Å². The summed E-state index contributed by atoms with van der Waals surface area (Å²) in [6.45, 7) is 0. The van der Waals surface area contributed by atoms with Gasteiger partial charge in [0.15, 0.2) is 0 Å². The van der Waals surface area contributed by atoms with Gasteiger partial charge in [-0.05, 0) is 0 Å². The van der Waals surface area contributed by atoms with Gasteiger partial charge in [0.25, 0.3) is 0 Å². The van der Waals surface area contributed by atoms with E-state index < -0.39 is 0 Å². The second kappa shape index (κ2) is 3.18. The molecule has 0 radical (unpaired) electrons. The largest absolute Gasteiger partial charge is 0.348 e. The maximum absolute atomic E-state index is 4.05. The van der Waals surface area contributed by atoms with Crippen LogP contribution in [0.4, 0.5) is 0 Å². The van der Waals surface area contributed by atoms with Crippen LogP contribution in [0, 0.1) is 0 Å². The van der Waals surface area contributed by atoms with Crippen molar-refractivity contribution in [3.63, 3.8) is 0 Å². The molecule has 0 atom stereocenters. The van der Waals surface area contributed by atoms with Gasteiger partial charge in [0, 0.05) is 18.1 Å². The Hall–Kier alpha value is 0.0925. The fraction of sp³-hybridized carbons (Fsp3) is 0.250. The second-order valence-electron chi connectivity index (χ2n) is 1.47. The van der Waals surface area contributed by atoms with Gasteiger partial charge in [-0.25, -0.2) is 4.98 Å². The molecule has 0 fully saturated rings. The Morgan fingerprint density at radius 1 is 1.88 bits per heavy atom. The summed E-state index contributed by atoms with van der Waals surface area (Å²) in [5.41, 5.74) is 0. The van der Waals surface area contributed by atoms with Crippen molar-refractivity contribution in [2.45, 2.75) is 5.75 Å². The molecule has 8 heavy (non-hydrogen) atoms. The molecule has 1 heterocycles. The van der Waals surface area contributed by atoms with E-state index in [4.69, 9.17) is 0 Å². The van der Waals surface area contributed by atoms with Gasteiger partial charge in [0.2, 0.25) is 0 Å². The topological polar surface area (TPSA) is 28.7 Å². The molecule has 0 aliphatic carbocycles. The third-order valence-corrected chi connectivity index (χ3v) is 2.26. The molecule has 0 amide bonds. The first-order valence-corrected chi connectivity index (χ1v) is 6.25. The minimum Gasteiger partial charge on any atom is -0.348 e. The van der Waals surface area contributed by atoms with Crippen LogP contribution in [0.25, 0.3) is 0 Å². The Morgan fingerprint density at radius 3 is 3.25 bits per heavy atom. The zero-order valence-electron chi connectivity index (χ0n) is 4.72. The average molecular weight is 142 g/mol. The number of imidazole rings is 1. The molecule has 0 aliphatic heterocycles. The van der Waals surface area contributed by atoms with Crippen LogP contribution in [0.5, 0.6) is 0 Å². The Kier molecular flexibility index (Phi) is 2.47. The van der Waals surface area contributed by atoms with Crippen molar-refractivity contribution in [2.75, 3.05) is 0 Å². The number of nitrogens with zero attached hydrogens (tertiary/aromatic N) is 1. The van der Waals surface area contributed by atoms with Gasteiger partial charge in [-0.3, -0.25) is 10.1 Å². The van der Waals surface area contributed by atoms with E-state index in [2.05, 4.69) is 9.97 Å². The molecular weight excluding hydrogens is 135 g/mol. The number of aromatic nitrogens is 2. The first kappa shape index (κ1) is 6.22. The Balaban J connectivity index is 2.50. The van der Waals surface area contributed by atoms with E-state index >= 15 is 0 Å². The third-order valence-electron chi connectivity index (χ3n) is 0.836. The van der Waals surface area contributed by atoms with E-state index in [0.29, 0.717) is 0 Å². The zero-order chi connectivity index (χ0) is 5.82. The molecule has 0 saturated heterocycles. The summed E-state index contributed by atoms with van der Waals surface area (Å²) in [6, 6.07) is 0. The van der Waals surface area contributed by atoms with Crippen LogP contribution < -0.4 is 0 Å². The van der Waals surface area contributed by atoms with Crippen molar-refractivity contribution in [1.82, 2.24) is 9.97 Å². The van der Waals surface area contributed by atoms with Crippen molar-refractivity contribution in [2.24, 2.45) is 0 Å². The van der Waals surface area contributed by atoms with Crippen LogP contribution in [0.2, 0.25) is 0 Å². The molecule has 0 aromatic carbocycles. The lowest BCUT2D eigenvalue weighted by Gasteiger charge is -1.87. The monoisotopic (exact) mass is 142 g/mol. The molecule has 0 saturated carbocycles. The number of H-pyrrole nitrogens is 1. The summed E-state index contributed by atoms with van der Waals surface area (Å²) in [6.07, 6.45) is 3.64. The number of hydrogen-bond acceptors (Lipinski definition) is 2. The fourth-order valence-corrected chi connectivity index (χ4v) is 1.77. The molecular formula is C4H7AlN2S. The quantitative estimate of drug-likeness (QED) is 0.597. The predicted octanol–water partition coefficient (Wildman–Crippen LogP) is 0.191. The van der Waals surface area contributed by atoms with Gasteiger partial charge in [0.1, 0.15) is 5.82 Å². The first-order valence-electron chi connectivity index (χ1n) is 2.40. The number of aromatic amines is 1. The number of hydrogen-bond donors (Lipinski definition) is 1. The van der Waals surface area contributed by atoms with Crippen LogP contribution >= 0.6 is 10.1 Å². The van der Waals surface area contributed by atoms with E-state index in [9.17, 15) is 0 Å². The Bertz CT molecular complexity index is 140. The lowest BCUT2D eigenvalue weighted by atomic mass is 10.7. The smallest absolute Gasteiger partial charge is 0.303 e. The molecule has 1 aromatic rings. The highest BCUT2D eigenvalue weighted by molar-refractivity contribution is 8.19. The second-order valence-corrected chi connectivity index (χ2v) is 4.07. The fourth-order valence-electron chi connectivity index (χ4n) is 0.514. The van der Waals surface area contributed by atoms with E-state index in [0.717, 1.165) is 11.6 Å². The predicted molar refractivity (Wildman–Crippen MR) is 38.4 cm³/mol. The minimum absolute atomic E-state index is 1.04. The molecule has 1 aromatic heterocycles. The summed E-state index contributed by atoms with van der Waals surface area (Å²) in [4.78, 5) is 7.08. The molecule has 0 aliphatic rings. The first-order chi connectivity index (χ1) is 3.93. The van der Waals surface area contributed by atoms with Crippen LogP contribution in [0.1, 0.15) is 5.82 Å².